The molecule has 1 aromatic rings. The van der Waals surface area contributed by atoms with Crippen LogP contribution in [0.2, 0.25) is 0 Å². The first-order valence-electron chi connectivity index (χ1n) is 5.96. The van der Waals surface area contributed by atoms with Gasteiger partial charge in [-0.1, -0.05) is 0 Å². The Bertz CT molecular complexity index is 595. The van der Waals surface area contributed by atoms with Gasteiger partial charge < -0.3 is 10.6 Å². The fourth-order valence-corrected chi connectivity index (χ4v) is 4.50. The van der Waals surface area contributed by atoms with Gasteiger partial charge in [-0.15, -0.1) is 0 Å². The van der Waals surface area contributed by atoms with E-state index in [-0.39, 0.29) is 10.8 Å². The highest BCUT2D eigenvalue weighted by Crippen LogP contribution is 2.25. The van der Waals surface area contributed by atoms with Gasteiger partial charge in [0, 0.05) is 23.2 Å². The van der Waals surface area contributed by atoms with Crippen LogP contribution in [0, 0.1) is 0 Å². The predicted octanol–water partition coefficient (Wildman–Crippen LogP) is 1.43. The number of amides is 1. The van der Waals surface area contributed by atoms with Crippen LogP contribution in [-0.2, 0) is 14.6 Å². The van der Waals surface area contributed by atoms with Crippen LogP contribution < -0.4 is 5.73 Å². The summed E-state index contributed by atoms with van der Waals surface area (Å²) < 4.78 is 24.8. The number of likely N-dealkylation sites (tertiary alicyclic amines) is 1. The molecule has 1 saturated heterocycles. The van der Waals surface area contributed by atoms with E-state index in [4.69, 9.17) is 5.73 Å². The normalized spacial score (nSPS) is 15.7. The van der Waals surface area contributed by atoms with Crippen molar-refractivity contribution in [3.63, 3.8) is 0 Å². The zero-order valence-corrected chi connectivity index (χ0v) is 12.7. The minimum absolute atomic E-state index is 0.106. The van der Waals surface area contributed by atoms with Crippen molar-refractivity contribution in [2.75, 3.05) is 24.6 Å². The number of nitrogen functional groups attached to an aromatic ring is 1. The Labute approximate surface area is 120 Å². The van der Waals surface area contributed by atoms with Crippen molar-refractivity contribution in [1.82, 2.24) is 4.90 Å². The van der Waals surface area contributed by atoms with Crippen LogP contribution in [0.3, 0.4) is 0 Å². The third kappa shape index (κ3) is 3.27. The third-order valence-electron chi connectivity index (χ3n) is 3.06. The lowest BCUT2D eigenvalue weighted by atomic mass is 10.3. The van der Waals surface area contributed by atoms with Crippen LogP contribution >= 0.6 is 15.9 Å². The maximum Gasteiger partial charge on any atom is 0.238 e. The van der Waals surface area contributed by atoms with E-state index in [1.807, 2.05) is 0 Å². The summed E-state index contributed by atoms with van der Waals surface area (Å²) >= 11 is 3.17. The molecule has 1 aliphatic rings. The molecule has 2 rings (SSSR count). The zero-order chi connectivity index (χ0) is 14.0. The quantitative estimate of drug-likeness (QED) is 0.839. The second-order valence-corrected chi connectivity index (χ2v) is 7.35. The largest absolute Gasteiger partial charge is 0.399 e. The summed E-state index contributed by atoms with van der Waals surface area (Å²) in [6.07, 6.45) is 1.88. The van der Waals surface area contributed by atoms with E-state index in [1.165, 1.54) is 18.2 Å². The lowest BCUT2D eigenvalue weighted by molar-refractivity contribution is -0.127. The summed E-state index contributed by atoms with van der Waals surface area (Å²) in [5, 5.41) is 0. The van der Waals surface area contributed by atoms with Crippen LogP contribution in [0.25, 0.3) is 0 Å². The highest BCUT2D eigenvalue weighted by atomic mass is 79.9. The van der Waals surface area contributed by atoms with E-state index >= 15 is 0 Å². The topological polar surface area (TPSA) is 80.5 Å². The van der Waals surface area contributed by atoms with Crippen molar-refractivity contribution in [3.05, 3.63) is 22.7 Å². The molecule has 1 fully saturated rings. The van der Waals surface area contributed by atoms with E-state index in [0.29, 0.717) is 23.2 Å². The van der Waals surface area contributed by atoms with Crippen LogP contribution in [-0.4, -0.2) is 38.1 Å². The van der Waals surface area contributed by atoms with Crippen molar-refractivity contribution in [2.45, 2.75) is 17.7 Å². The summed E-state index contributed by atoms with van der Waals surface area (Å²) in [6.45, 7) is 1.30. The molecule has 1 heterocycles. The molecule has 1 aliphatic heterocycles. The Morgan fingerprint density at radius 3 is 2.53 bits per heavy atom. The Kier molecular flexibility index (Phi) is 4.15. The molecule has 19 heavy (non-hydrogen) atoms. The van der Waals surface area contributed by atoms with Crippen molar-refractivity contribution in [2.24, 2.45) is 0 Å². The Balaban J connectivity index is 2.20. The zero-order valence-electron chi connectivity index (χ0n) is 10.3. The summed E-state index contributed by atoms with van der Waals surface area (Å²) in [5.41, 5.74) is 6.04. The number of halogens is 1. The molecule has 0 spiro atoms. The predicted molar refractivity (Wildman–Crippen MR) is 76.4 cm³/mol. The van der Waals surface area contributed by atoms with Gasteiger partial charge in [0.1, 0.15) is 5.75 Å². The number of sulfone groups is 1. The Hall–Kier alpha value is -1.08. The van der Waals surface area contributed by atoms with Gasteiger partial charge in [0.05, 0.1) is 4.90 Å². The first-order chi connectivity index (χ1) is 8.90. The number of nitrogens with two attached hydrogens (primary N) is 1. The standard InChI is InChI=1S/C12H15BrN2O3S/c13-10-7-9(14)3-4-11(10)19(17,18)8-12(16)15-5-1-2-6-15/h3-4,7H,1-2,5-6,8,14H2. The van der Waals surface area contributed by atoms with Crippen molar-refractivity contribution < 1.29 is 13.2 Å². The second-order valence-electron chi connectivity index (χ2n) is 4.54. The molecule has 5 nitrogen and oxygen atoms in total. The van der Waals surface area contributed by atoms with Crippen molar-refractivity contribution >= 4 is 37.4 Å². The average molecular weight is 347 g/mol. The minimum Gasteiger partial charge on any atom is -0.399 e. The van der Waals surface area contributed by atoms with Crippen LogP contribution in [0.5, 0.6) is 0 Å². The Morgan fingerprint density at radius 2 is 1.95 bits per heavy atom. The molecule has 0 unspecified atom stereocenters. The van der Waals surface area contributed by atoms with Crippen molar-refractivity contribution in [3.8, 4) is 0 Å². The number of carbonyl (C=O) groups is 1. The first-order valence-corrected chi connectivity index (χ1v) is 8.40. The van der Waals surface area contributed by atoms with Crippen LogP contribution in [0.15, 0.2) is 27.6 Å². The molecule has 104 valence electrons. The van der Waals surface area contributed by atoms with Gasteiger partial charge in [-0.05, 0) is 47.0 Å². The fourth-order valence-electron chi connectivity index (χ4n) is 2.07. The lowest BCUT2D eigenvalue weighted by Gasteiger charge is -2.15. The van der Waals surface area contributed by atoms with Crippen LogP contribution in [0.4, 0.5) is 5.69 Å². The maximum atomic E-state index is 12.2. The SMILES string of the molecule is Nc1ccc(S(=O)(=O)CC(=O)N2CCCC2)c(Br)c1. The highest BCUT2D eigenvalue weighted by Gasteiger charge is 2.26. The average Bonchev–Trinajstić information content (AvgIpc) is 2.80. The smallest absolute Gasteiger partial charge is 0.238 e. The number of anilines is 1. The molecular weight excluding hydrogens is 332 g/mol. The number of carbonyl (C=O) groups excluding carboxylic acids is 1. The molecule has 1 aromatic carbocycles. The summed E-state index contributed by atoms with van der Waals surface area (Å²) in [6, 6.07) is 4.46. The number of hydrogen-bond donors (Lipinski definition) is 1. The maximum absolute atomic E-state index is 12.2. The molecule has 0 atom stereocenters. The van der Waals surface area contributed by atoms with Gasteiger partial charge in [-0.25, -0.2) is 8.42 Å². The van der Waals surface area contributed by atoms with E-state index in [9.17, 15) is 13.2 Å². The second kappa shape index (κ2) is 5.50. The molecular formula is C12H15BrN2O3S. The van der Waals surface area contributed by atoms with Gasteiger partial charge >= 0.3 is 0 Å². The van der Waals surface area contributed by atoms with E-state index in [2.05, 4.69) is 15.9 Å². The minimum atomic E-state index is -3.64. The highest BCUT2D eigenvalue weighted by molar-refractivity contribution is 9.10. The monoisotopic (exact) mass is 346 g/mol. The van der Waals surface area contributed by atoms with E-state index in [0.717, 1.165) is 12.8 Å². The van der Waals surface area contributed by atoms with Gasteiger partial charge in [0.25, 0.3) is 0 Å². The molecule has 0 aromatic heterocycles. The molecule has 0 saturated carbocycles. The van der Waals surface area contributed by atoms with E-state index in [1.54, 1.807) is 4.90 Å². The number of rotatable bonds is 3. The number of nitrogens with zero attached hydrogens (tertiary/aromatic N) is 1. The lowest BCUT2D eigenvalue weighted by Crippen LogP contribution is -2.33. The van der Waals surface area contributed by atoms with Crippen LogP contribution in [0.1, 0.15) is 12.8 Å². The van der Waals surface area contributed by atoms with Crippen molar-refractivity contribution in [1.29, 1.82) is 0 Å². The third-order valence-corrected chi connectivity index (χ3v) is 5.63. The molecule has 1 amide bonds. The van der Waals surface area contributed by atoms with Gasteiger partial charge in [0.2, 0.25) is 5.91 Å². The molecule has 2 N–H and O–H groups in total. The molecule has 7 heteroatoms. The Morgan fingerprint density at radius 1 is 1.32 bits per heavy atom. The van der Waals surface area contributed by atoms with Gasteiger partial charge in [0.15, 0.2) is 9.84 Å². The van der Waals surface area contributed by atoms with Gasteiger partial charge in [-0.2, -0.15) is 0 Å². The summed E-state index contributed by atoms with van der Waals surface area (Å²) in [4.78, 5) is 13.6. The molecule has 0 aliphatic carbocycles. The summed E-state index contributed by atoms with van der Waals surface area (Å²) in [5.74, 6) is -0.823. The number of benzene rings is 1. The van der Waals surface area contributed by atoms with Gasteiger partial charge in [-0.3, -0.25) is 4.79 Å². The fraction of sp³-hybridized carbons (Fsp3) is 0.417. The number of hydrogen-bond acceptors (Lipinski definition) is 4. The molecule has 0 radical (unpaired) electrons. The first kappa shape index (κ1) is 14.3. The summed E-state index contributed by atoms with van der Waals surface area (Å²) in [7, 11) is -3.64. The van der Waals surface area contributed by atoms with E-state index < -0.39 is 15.6 Å². The molecule has 0 bridgehead atoms.